The summed E-state index contributed by atoms with van der Waals surface area (Å²) in [6.45, 7) is 3.53. The van der Waals surface area contributed by atoms with E-state index in [0.29, 0.717) is 5.69 Å². The number of carbonyl (C=O) groups excluding carboxylic acids is 1. The van der Waals surface area contributed by atoms with Crippen LogP contribution in [0.3, 0.4) is 0 Å². The first-order chi connectivity index (χ1) is 8.99. The smallest absolute Gasteiger partial charge is 0.427 e. The highest BCUT2D eigenvalue weighted by Gasteiger charge is 2.20. The number of phenols is 1. The molecular weight excluding hydrogens is 246 g/mol. The number of rotatable bonds is 2. The van der Waals surface area contributed by atoms with E-state index in [0.717, 1.165) is 10.4 Å². The zero-order valence-electron chi connectivity index (χ0n) is 10.6. The molecule has 0 unspecified atom stereocenters. The van der Waals surface area contributed by atoms with Gasteiger partial charge >= 0.3 is 11.9 Å². The maximum atomic E-state index is 11.9. The number of phenolic OH excluding ortho intramolecular Hbond substituents is 1. The maximum absolute atomic E-state index is 11.9. The number of para-hydroxylation sites is 1. The number of aromatic hydroxyl groups is 1. The minimum atomic E-state index is -0.705. The Morgan fingerprint density at radius 2 is 2.05 bits per heavy atom. The molecule has 1 heterocycles. The highest BCUT2D eigenvalue weighted by Crippen LogP contribution is 2.15. The molecule has 0 aliphatic carbocycles. The molecule has 2 rings (SSSR count). The third kappa shape index (κ3) is 2.62. The van der Waals surface area contributed by atoms with E-state index in [1.54, 1.807) is 32.0 Å². The topological polar surface area (TPSA) is 89.3 Å². The fraction of sp³-hybridized carbons (Fsp3) is 0.154. The third-order valence-corrected chi connectivity index (χ3v) is 2.54. The number of carbonyl (C=O) groups is 1. The van der Waals surface area contributed by atoms with Gasteiger partial charge < -0.3 is 5.11 Å². The molecule has 6 heteroatoms. The molecule has 0 aliphatic rings. The van der Waals surface area contributed by atoms with Gasteiger partial charge in [-0.25, -0.2) is 4.79 Å². The molecule has 6 nitrogen and oxygen atoms in total. The van der Waals surface area contributed by atoms with Crippen LogP contribution >= 0.6 is 0 Å². The summed E-state index contributed by atoms with van der Waals surface area (Å²) in [4.78, 5) is 21.1. The lowest BCUT2D eigenvalue weighted by molar-refractivity contribution is -0.862. The lowest BCUT2D eigenvalue weighted by atomic mass is 10.2. The Morgan fingerprint density at radius 1 is 1.37 bits per heavy atom. The van der Waals surface area contributed by atoms with E-state index in [4.69, 9.17) is 10.6 Å². The molecule has 0 bridgehead atoms. The number of benzene rings is 1. The summed E-state index contributed by atoms with van der Waals surface area (Å²) in [6, 6.07) is 7.85. The molecule has 19 heavy (non-hydrogen) atoms. The van der Waals surface area contributed by atoms with E-state index in [2.05, 4.69) is 4.98 Å². The Labute approximate surface area is 110 Å². The van der Waals surface area contributed by atoms with Crippen LogP contribution in [-0.4, -0.2) is 16.1 Å². The lowest BCUT2D eigenvalue weighted by Gasteiger charge is -2.07. The van der Waals surface area contributed by atoms with E-state index in [9.17, 15) is 9.90 Å². The van der Waals surface area contributed by atoms with Crippen molar-refractivity contribution in [3.05, 3.63) is 47.3 Å². The van der Waals surface area contributed by atoms with Gasteiger partial charge in [0.25, 0.3) is 0 Å². The van der Waals surface area contributed by atoms with Crippen molar-refractivity contribution in [2.24, 2.45) is 0 Å². The standard InChI is InChI=1S/C13H13N3O3/c1-8-7-9(2)16(13(14)15-8)19-12(18)10-5-3-4-6-11(10)17/h3-7,14H,1-2H3,(H,17,18)/p+1. The van der Waals surface area contributed by atoms with E-state index in [1.165, 1.54) is 12.1 Å². The minimum Gasteiger partial charge on any atom is -0.507 e. The highest BCUT2D eigenvalue weighted by atomic mass is 16.7. The predicted octanol–water partition coefficient (Wildman–Crippen LogP) is 0.543. The van der Waals surface area contributed by atoms with Crippen LogP contribution in [0.5, 0.6) is 5.75 Å². The number of nitrogens with two attached hydrogens (primary N) is 1. The van der Waals surface area contributed by atoms with Crippen molar-refractivity contribution in [2.75, 3.05) is 5.73 Å². The van der Waals surface area contributed by atoms with Gasteiger partial charge in [-0.05, 0) is 30.7 Å². The van der Waals surface area contributed by atoms with Crippen LogP contribution in [0.15, 0.2) is 30.3 Å². The van der Waals surface area contributed by atoms with Crippen LogP contribution in [0.2, 0.25) is 0 Å². The van der Waals surface area contributed by atoms with Gasteiger partial charge in [-0.1, -0.05) is 17.1 Å². The number of hydrogen-bond acceptors (Lipinski definition) is 5. The van der Waals surface area contributed by atoms with Gasteiger partial charge in [-0.2, -0.15) is 0 Å². The number of nitrogens with zero attached hydrogens (tertiary/aromatic N) is 2. The van der Waals surface area contributed by atoms with Crippen molar-refractivity contribution in [1.82, 2.24) is 4.98 Å². The number of anilines is 1. The largest absolute Gasteiger partial charge is 0.507 e. The van der Waals surface area contributed by atoms with Crippen molar-refractivity contribution in [2.45, 2.75) is 13.8 Å². The molecular formula is C13H14N3O3+. The predicted molar refractivity (Wildman–Crippen MR) is 67.3 cm³/mol. The summed E-state index contributed by atoms with van der Waals surface area (Å²) in [5, 5.41) is 9.58. The first kappa shape index (κ1) is 12.8. The Morgan fingerprint density at radius 3 is 2.68 bits per heavy atom. The normalized spacial score (nSPS) is 10.2. The average molecular weight is 260 g/mol. The molecule has 0 amide bonds. The van der Waals surface area contributed by atoms with E-state index < -0.39 is 5.97 Å². The Bertz CT molecular complexity index is 618. The number of nitrogen functional groups attached to an aromatic ring is 1. The molecule has 1 aromatic heterocycles. The van der Waals surface area contributed by atoms with Gasteiger partial charge in [0.15, 0.2) is 0 Å². The summed E-state index contributed by atoms with van der Waals surface area (Å²) in [6.07, 6.45) is 0. The second-order valence-corrected chi connectivity index (χ2v) is 4.09. The molecule has 98 valence electrons. The molecule has 0 saturated carbocycles. The summed E-state index contributed by atoms with van der Waals surface area (Å²) in [5.41, 5.74) is 7.12. The monoisotopic (exact) mass is 260 g/mol. The molecule has 0 fully saturated rings. The van der Waals surface area contributed by atoms with Gasteiger partial charge in [0.05, 0.1) is 0 Å². The SMILES string of the molecule is Cc1cc(C)[n+](OC(=O)c2ccccc2O)c(N)n1. The fourth-order valence-corrected chi connectivity index (χ4v) is 1.70. The van der Waals surface area contributed by atoms with Crippen LogP contribution in [0, 0.1) is 13.8 Å². The van der Waals surface area contributed by atoms with Gasteiger partial charge in [-0.3, -0.25) is 10.6 Å². The molecule has 0 atom stereocenters. The van der Waals surface area contributed by atoms with Crippen LogP contribution in [-0.2, 0) is 0 Å². The molecule has 0 spiro atoms. The van der Waals surface area contributed by atoms with Gasteiger partial charge in [0, 0.05) is 6.07 Å². The third-order valence-electron chi connectivity index (χ3n) is 2.54. The van der Waals surface area contributed by atoms with Gasteiger partial charge in [0.2, 0.25) is 0 Å². The Hall–Kier alpha value is -2.63. The van der Waals surface area contributed by atoms with Crippen LogP contribution < -0.4 is 15.3 Å². The zero-order chi connectivity index (χ0) is 14.0. The molecule has 0 aliphatic heterocycles. The Balaban J connectivity index is 2.32. The second-order valence-electron chi connectivity index (χ2n) is 4.09. The summed E-state index contributed by atoms with van der Waals surface area (Å²) >= 11 is 0. The molecule has 3 N–H and O–H groups in total. The lowest BCUT2D eigenvalue weighted by Crippen LogP contribution is -2.51. The number of aromatic nitrogens is 2. The first-order valence-corrected chi connectivity index (χ1v) is 5.65. The molecule has 0 saturated heterocycles. The van der Waals surface area contributed by atoms with Gasteiger partial charge in [0.1, 0.15) is 22.7 Å². The van der Waals surface area contributed by atoms with Crippen LogP contribution in [0.1, 0.15) is 21.7 Å². The average Bonchev–Trinajstić information content (AvgIpc) is 2.34. The minimum absolute atomic E-state index is 0.0642. The quantitative estimate of drug-likeness (QED) is 0.769. The van der Waals surface area contributed by atoms with Gasteiger partial charge in [-0.15, -0.1) is 0 Å². The number of aryl methyl sites for hydroxylation is 2. The summed E-state index contributed by atoms with van der Waals surface area (Å²) in [5.74, 6) is -0.783. The Kier molecular flexibility index (Phi) is 3.33. The summed E-state index contributed by atoms with van der Waals surface area (Å²) in [7, 11) is 0. The first-order valence-electron chi connectivity index (χ1n) is 5.65. The second kappa shape index (κ2) is 4.93. The van der Waals surface area contributed by atoms with Crippen LogP contribution in [0.4, 0.5) is 5.95 Å². The van der Waals surface area contributed by atoms with Crippen molar-refractivity contribution in [3.8, 4) is 5.75 Å². The van der Waals surface area contributed by atoms with Crippen LogP contribution in [0.25, 0.3) is 0 Å². The molecule has 0 radical (unpaired) electrons. The molecule has 1 aromatic carbocycles. The fourth-order valence-electron chi connectivity index (χ4n) is 1.70. The summed E-state index contributed by atoms with van der Waals surface area (Å²) < 4.78 is 1.13. The van der Waals surface area contributed by atoms with E-state index in [-0.39, 0.29) is 17.3 Å². The van der Waals surface area contributed by atoms with Crippen molar-refractivity contribution in [3.63, 3.8) is 0 Å². The number of hydrogen-bond donors (Lipinski definition) is 2. The maximum Gasteiger partial charge on any atom is 0.427 e. The van der Waals surface area contributed by atoms with Crippen molar-refractivity contribution < 1.29 is 19.5 Å². The molecule has 2 aromatic rings. The van der Waals surface area contributed by atoms with Crippen molar-refractivity contribution in [1.29, 1.82) is 0 Å². The zero-order valence-corrected chi connectivity index (χ0v) is 10.6. The van der Waals surface area contributed by atoms with E-state index in [1.807, 2.05) is 0 Å². The van der Waals surface area contributed by atoms with E-state index >= 15 is 0 Å². The van der Waals surface area contributed by atoms with Crippen molar-refractivity contribution >= 4 is 11.9 Å². The highest BCUT2D eigenvalue weighted by molar-refractivity contribution is 5.92.